The number of nitrogens with zero attached hydrogens (tertiary/aromatic N) is 1. The molecule has 0 aliphatic carbocycles. The lowest BCUT2D eigenvalue weighted by atomic mass is 9.78. The molecule has 0 spiro atoms. The van der Waals surface area contributed by atoms with Gasteiger partial charge >= 0.3 is 0 Å². The lowest BCUT2D eigenvalue weighted by Gasteiger charge is -2.28. The van der Waals surface area contributed by atoms with E-state index >= 15 is 0 Å². The van der Waals surface area contributed by atoms with Gasteiger partial charge in [-0.15, -0.1) is 0 Å². The Morgan fingerprint density at radius 2 is 1.59 bits per heavy atom. The molecular formula is C22H33NO5S. The Bertz CT molecular complexity index is 846. The van der Waals surface area contributed by atoms with Crippen LogP contribution >= 0.6 is 0 Å². The molecule has 1 N–H and O–H groups in total. The molecule has 0 aliphatic rings. The van der Waals surface area contributed by atoms with E-state index in [0.717, 1.165) is 0 Å². The van der Waals surface area contributed by atoms with Crippen LogP contribution in [0.1, 0.15) is 58.2 Å². The van der Waals surface area contributed by atoms with Gasteiger partial charge in [0.25, 0.3) is 0 Å². The molecule has 0 radical (unpaired) electrons. The van der Waals surface area contributed by atoms with Gasteiger partial charge in [-0.2, -0.15) is 5.26 Å². The van der Waals surface area contributed by atoms with Gasteiger partial charge in [-0.3, -0.25) is 0 Å². The molecule has 0 bridgehead atoms. The molecule has 0 saturated heterocycles. The fourth-order valence-corrected chi connectivity index (χ4v) is 3.76. The maximum Gasteiger partial charge on any atom is 0.190 e. The number of methoxy groups -OCH3 is 1. The Hall–Kier alpha value is -1.88. The summed E-state index contributed by atoms with van der Waals surface area (Å²) >= 11 is 0. The molecular weight excluding hydrogens is 390 g/mol. The highest BCUT2D eigenvalue weighted by Gasteiger charge is 2.27. The number of sulfone groups is 1. The molecule has 0 saturated carbocycles. The van der Waals surface area contributed by atoms with Crippen molar-refractivity contribution in [2.45, 2.75) is 52.4 Å². The minimum Gasteiger partial charge on any atom is -0.507 e. The predicted molar refractivity (Wildman–Crippen MR) is 116 cm³/mol. The smallest absolute Gasteiger partial charge is 0.190 e. The number of hydrogen-bond acceptors (Lipinski definition) is 6. The number of rotatable bonds is 8. The van der Waals surface area contributed by atoms with Crippen LogP contribution in [0, 0.1) is 11.3 Å². The average molecular weight is 424 g/mol. The maximum absolute atomic E-state index is 12.6. The minimum absolute atomic E-state index is 0.0131. The summed E-state index contributed by atoms with van der Waals surface area (Å²) in [4.78, 5) is -0.321. The minimum atomic E-state index is -3.79. The van der Waals surface area contributed by atoms with Crippen LogP contribution in [0.4, 0.5) is 0 Å². The Kier molecular flexibility index (Phi) is 8.46. The van der Waals surface area contributed by atoms with Gasteiger partial charge in [0.05, 0.1) is 25.6 Å². The zero-order valence-corrected chi connectivity index (χ0v) is 19.3. The molecule has 0 fully saturated rings. The van der Waals surface area contributed by atoms with E-state index in [2.05, 4.69) is 0 Å². The first kappa shape index (κ1) is 25.2. The van der Waals surface area contributed by atoms with Crippen molar-refractivity contribution in [3.05, 3.63) is 33.7 Å². The van der Waals surface area contributed by atoms with Gasteiger partial charge in [-0.05, 0) is 34.6 Å². The summed E-state index contributed by atoms with van der Waals surface area (Å²) in [5.41, 5.74) is 1.27. The van der Waals surface area contributed by atoms with E-state index in [0.29, 0.717) is 29.9 Å². The fraction of sp³-hybridized carbons (Fsp3) is 0.591. The highest BCUT2D eigenvalue weighted by molar-refractivity contribution is 7.95. The van der Waals surface area contributed by atoms with E-state index < -0.39 is 9.84 Å². The zero-order chi connectivity index (χ0) is 22.5. The Morgan fingerprint density at radius 3 is 2.00 bits per heavy atom. The third kappa shape index (κ3) is 7.14. The van der Waals surface area contributed by atoms with Crippen LogP contribution in [-0.4, -0.2) is 46.2 Å². The van der Waals surface area contributed by atoms with Crippen molar-refractivity contribution >= 4 is 15.9 Å². The van der Waals surface area contributed by atoms with Crippen molar-refractivity contribution in [1.29, 1.82) is 5.26 Å². The van der Waals surface area contributed by atoms with E-state index in [1.54, 1.807) is 18.2 Å². The third-order valence-electron chi connectivity index (χ3n) is 4.42. The first-order valence-electron chi connectivity index (χ1n) is 9.53. The lowest BCUT2D eigenvalue weighted by molar-refractivity contribution is 0.0785. The number of hydrogen-bond donors (Lipinski definition) is 1. The molecule has 0 aliphatic heterocycles. The van der Waals surface area contributed by atoms with Crippen LogP contribution in [0.2, 0.25) is 0 Å². The third-order valence-corrected chi connectivity index (χ3v) is 6.00. The van der Waals surface area contributed by atoms with Crippen molar-refractivity contribution in [2.75, 3.05) is 32.7 Å². The number of phenols is 1. The number of phenolic OH excluding ortho intramolecular Hbond substituents is 1. The Labute approximate surface area is 175 Å². The molecule has 1 aromatic rings. The topological polar surface area (TPSA) is 96.6 Å². The SMILES string of the molecule is COCCOCCS(=O)(=O)/C(C#N)=C/c1cc(C(C)(C)C)c(O)c(C(C)(C)C)c1. The van der Waals surface area contributed by atoms with Gasteiger partial charge in [0.15, 0.2) is 9.84 Å². The fourth-order valence-electron chi connectivity index (χ4n) is 2.75. The number of benzene rings is 1. The van der Waals surface area contributed by atoms with E-state index in [4.69, 9.17) is 9.47 Å². The monoisotopic (exact) mass is 423 g/mol. The quantitative estimate of drug-likeness (QED) is 0.503. The summed E-state index contributed by atoms with van der Waals surface area (Å²) < 4.78 is 35.2. The van der Waals surface area contributed by atoms with Crippen LogP contribution < -0.4 is 0 Å². The normalized spacial score (nSPS) is 13.4. The standard InChI is InChI=1S/C22H33NO5S/c1-21(2,3)18-13-16(14-19(20(18)24)22(4,5)6)12-17(15-23)29(25,26)11-10-28-9-8-27-7/h12-14,24H,8-11H2,1-7H3/b17-12+. The molecule has 0 amide bonds. The van der Waals surface area contributed by atoms with E-state index in [1.165, 1.54) is 13.2 Å². The summed E-state index contributed by atoms with van der Waals surface area (Å²) in [5.74, 6) is -0.0815. The van der Waals surface area contributed by atoms with Crippen LogP contribution in [0.15, 0.2) is 17.0 Å². The molecule has 0 unspecified atom stereocenters. The summed E-state index contributed by atoms with van der Waals surface area (Å²) in [6.07, 6.45) is 1.37. The predicted octanol–water partition coefficient (Wildman–Crippen LogP) is 3.93. The van der Waals surface area contributed by atoms with Crippen LogP contribution in [0.5, 0.6) is 5.75 Å². The first-order valence-corrected chi connectivity index (χ1v) is 11.2. The zero-order valence-electron chi connectivity index (χ0n) is 18.5. The van der Waals surface area contributed by atoms with Crippen molar-refractivity contribution < 1.29 is 23.0 Å². The first-order chi connectivity index (χ1) is 13.2. The molecule has 162 valence electrons. The number of allylic oxidation sites excluding steroid dienone is 1. The number of nitriles is 1. The van der Waals surface area contributed by atoms with Gasteiger partial charge < -0.3 is 14.6 Å². The summed E-state index contributed by atoms with van der Waals surface area (Å²) in [6, 6.07) is 5.29. The molecule has 29 heavy (non-hydrogen) atoms. The second-order valence-corrected chi connectivity index (χ2v) is 11.1. The number of aromatic hydroxyl groups is 1. The molecule has 6 nitrogen and oxygen atoms in total. The van der Waals surface area contributed by atoms with Crippen molar-refractivity contribution in [2.24, 2.45) is 0 Å². The summed E-state index contributed by atoms with van der Waals surface area (Å²) in [6.45, 7) is 12.5. The average Bonchev–Trinajstić information content (AvgIpc) is 2.58. The molecule has 1 rings (SSSR count). The lowest BCUT2D eigenvalue weighted by Crippen LogP contribution is -2.18. The molecule has 1 aromatic carbocycles. The van der Waals surface area contributed by atoms with E-state index in [-0.39, 0.29) is 33.8 Å². The summed E-state index contributed by atoms with van der Waals surface area (Å²) in [7, 11) is -2.26. The molecule has 0 heterocycles. The highest BCUT2D eigenvalue weighted by atomic mass is 32.2. The van der Waals surface area contributed by atoms with Crippen molar-refractivity contribution in [1.82, 2.24) is 0 Å². The van der Waals surface area contributed by atoms with E-state index in [1.807, 2.05) is 41.5 Å². The Morgan fingerprint density at radius 1 is 1.07 bits per heavy atom. The van der Waals surface area contributed by atoms with Crippen LogP contribution in [-0.2, 0) is 30.1 Å². The van der Waals surface area contributed by atoms with Crippen molar-refractivity contribution in [3.63, 3.8) is 0 Å². The second-order valence-electron chi connectivity index (χ2n) is 9.01. The van der Waals surface area contributed by atoms with Gasteiger partial charge in [-0.25, -0.2) is 8.42 Å². The highest BCUT2D eigenvalue weighted by Crippen LogP contribution is 2.40. The van der Waals surface area contributed by atoms with Crippen molar-refractivity contribution in [3.8, 4) is 11.8 Å². The maximum atomic E-state index is 12.6. The van der Waals surface area contributed by atoms with Gasteiger partial charge in [-0.1, -0.05) is 41.5 Å². The van der Waals surface area contributed by atoms with Crippen LogP contribution in [0.25, 0.3) is 6.08 Å². The summed E-state index contributed by atoms with van der Waals surface area (Å²) in [5, 5.41) is 20.3. The van der Waals surface area contributed by atoms with Gasteiger partial charge in [0.1, 0.15) is 16.7 Å². The van der Waals surface area contributed by atoms with E-state index in [9.17, 15) is 18.8 Å². The second kappa shape index (κ2) is 9.75. The van der Waals surface area contributed by atoms with Gasteiger partial charge in [0.2, 0.25) is 0 Å². The molecule has 0 aromatic heterocycles. The van der Waals surface area contributed by atoms with Gasteiger partial charge in [0, 0.05) is 18.2 Å². The largest absolute Gasteiger partial charge is 0.507 e. The molecule has 0 atom stereocenters. The molecule has 7 heteroatoms. The van der Waals surface area contributed by atoms with Crippen LogP contribution in [0.3, 0.4) is 0 Å². The number of ether oxygens (including phenoxy) is 2. The Balaban J connectivity index is 3.37.